The van der Waals surface area contributed by atoms with Gasteiger partial charge in [0.2, 0.25) is 27.6 Å². The number of aromatic nitrogens is 1. The molecule has 13 heteroatoms. The van der Waals surface area contributed by atoms with Crippen molar-refractivity contribution in [3.63, 3.8) is 0 Å². The van der Waals surface area contributed by atoms with Crippen LogP contribution in [0.5, 0.6) is 0 Å². The molecule has 3 aliphatic rings. The second-order valence-electron chi connectivity index (χ2n) is 8.05. The Morgan fingerprint density at radius 2 is 1.76 bits per heavy atom. The molecule has 11 nitrogen and oxygen atoms in total. The van der Waals surface area contributed by atoms with Crippen LogP contribution in [0.15, 0.2) is 51.7 Å². The normalized spacial score (nSPS) is 25.5. The fourth-order valence-electron chi connectivity index (χ4n) is 4.73. The Balaban J connectivity index is 1.26. The first-order valence-electron chi connectivity index (χ1n) is 9.95. The lowest BCUT2D eigenvalue weighted by Gasteiger charge is -2.16. The molecule has 5 rings (SSSR count). The summed E-state index contributed by atoms with van der Waals surface area (Å²) < 4.78 is 25.3. The number of nitrogens with zero attached hydrogens (tertiary/aromatic N) is 3. The molecule has 2 heterocycles. The Kier molecular flexibility index (Phi) is 4.90. The third-order valence-electron chi connectivity index (χ3n) is 6.22. The van der Waals surface area contributed by atoms with Crippen LogP contribution in [0.4, 0.5) is 10.8 Å². The Morgan fingerprint density at radius 3 is 2.33 bits per heavy atom. The topological polar surface area (TPSA) is 157 Å². The van der Waals surface area contributed by atoms with Gasteiger partial charge >= 0.3 is 0 Å². The Bertz CT molecular complexity index is 1300. The summed E-state index contributed by atoms with van der Waals surface area (Å²) in [5, 5.41) is 13.2. The Morgan fingerprint density at radius 1 is 1.15 bits per heavy atom. The quantitative estimate of drug-likeness (QED) is 0.278. The van der Waals surface area contributed by atoms with Crippen LogP contribution in [0.3, 0.4) is 0 Å². The van der Waals surface area contributed by atoms with Crippen molar-refractivity contribution in [2.45, 2.75) is 15.5 Å². The predicted molar refractivity (Wildman–Crippen MR) is 114 cm³/mol. The lowest BCUT2D eigenvalue weighted by molar-refractivity contribution is -0.384. The highest BCUT2D eigenvalue weighted by molar-refractivity contribution is 7.93. The highest BCUT2D eigenvalue weighted by Crippen LogP contribution is 2.52. The van der Waals surface area contributed by atoms with Gasteiger partial charge in [0.25, 0.3) is 5.69 Å². The Labute approximate surface area is 191 Å². The number of nitrogens with one attached hydrogen (secondary N) is 1. The molecule has 1 N–H and O–H groups in total. The maximum atomic E-state index is 12.7. The molecule has 2 fully saturated rings. The zero-order valence-electron chi connectivity index (χ0n) is 16.8. The van der Waals surface area contributed by atoms with Gasteiger partial charge in [-0.1, -0.05) is 23.5 Å². The first-order valence-corrected chi connectivity index (χ1v) is 12.3. The highest BCUT2D eigenvalue weighted by atomic mass is 32.2. The summed E-state index contributed by atoms with van der Waals surface area (Å²) in [6.07, 6.45) is 5.78. The maximum absolute atomic E-state index is 12.7. The van der Waals surface area contributed by atoms with Gasteiger partial charge in [-0.05, 0) is 30.4 Å². The van der Waals surface area contributed by atoms with E-state index in [1.165, 1.54) is 0 Å². The summed E-state index contributed by atoms with van der Waals surface area (Å²) in [6, 6.07) is 4.40. The van der Waals surface area contributed by atoms with Crippen molar-refractivity contribution in [3.05, 3.63) is 52.7 Å². The number of sulfone groups is 1. The average molecular weight is 489 g/mol. The summed E-state index contributed by atoms with van der Waals surface area (Å²) in [5.41, 5.74) is -0.245. The van der Waals surface area contributed by atoms with E-state index in [-0.39, 0.29) is 43.6 Å². The van der Waals surface area contributed by atoms with Crippen LogP contribution in [0.25, 0.3) is 0 Å². The second-order valence-corrected chi connectivity index (χ2v) is 11.3. The smallest absolute Gasteiger partial charge is 0.269 e. The van der Waals surface area contributed by atoms with Gasteiger partial charge in [-0.25, -0.2) is 13.4 Å². The lowest BCUT2D eigenvalue weighted by atomic mass is 9.85. The number of hydrogen-bond donors (Lipinski definition) is 1. The van der Waals surface area contributed by atoms with Crippen molar-refractivity contribution < 1.29 is 27.7 Å². The van der Waals surface area contributed by atoms with Gasteiger partial charge < -0.3 is 5.32 Å². The van der Waals surface area contributed by atoms with E-state index in [0.29, 0.717) is 11.3 Å². The number of benzene rings is 1. The molecule has 3 amide bonds. The van der Waals surface area contributed by atoms with Crippen molar-refractivity contribution in [1.82, 2.24) is 9.88 Å². The lowest BCUT2D eigenvalue weighted by Crippen LogP contribution is -2.39. The van der Waals surface area contributed by atoms with Crippen molar-refractivity contribution >= 4 is 49.7 Å². The maximum Gasteiger partial charge on any atom is 0.269 e. The number of non-ortho nitro benzene ring substituents is 1. The fourth-order valence-corrected chi connectivity index (χ4v) is 7.18. The molecule has 0 spiro atoms. The van der Waals surface area contributed by atoms with Crippen molar-refractivity contribution in [1.29, 1.82) is 0 Å². The molecule has 1 saturated carbocycles. The number of fused-ring (bicyclic) bond motifs is 5. The predicted octanol–water partition coefficient (Wildman–Crippen LogP) is 1.63. The van der Waals surface area contributed by atoms with Gasteiger partial charge in [0.05, 0.1) is 27.9 Å². The molecule has 170 valence electrons. The first-order chi connectivity index (χ1) is 15.7. The van der Waals surface area contributed by atoms with Gasteiger partial charge in [0.1, 0.15) is 10.8 Å². The first kappa shape index (κ1) is 21.4. The number of carbonyl (C=O) groups is 3. The average Bonchev–Trinajstić information content (AvgIpc) is 3.56. The molecule has 1 aromatic carbocycles. The van der Waals surface area contributed by atoms with E-state index in [4.69, 9.17) is 0 Å². The number of rotatable bonds is 6. The zero-order valence-corrected chi connectivity index (χ0v) is 18.4. The molecule has 4 atom stereocenters. The number of carbonyl (C=O) groups excluding carboxylic acids is 3. The second kappa shape index (κ2) is 7.56. The van der Waals surface area contributed by atoms with Crippen molar-refractivity contribution in [3.8, 4) is 0 Å². The summed E-state index contributed by atoms with van der Waals surface area (Å²) in [6.45, 7) is -0.464. The standard InChI is InChI=1S/C20H16N4O7S2/c25-14(9-23-18(26)16-10-1-2-11(7-10)17(16)19(23)27)22-20-21-8-15(32-20)33(30,31)13-5-3-12(4-6-13)24(28)29/h1-6,8,10-11,16-17H,7,9H2,(H,21,22,25)/t10-,11-,16+,17+/m0/s1. The van der Waals surface area contributed by atoms with Crippen LogP contribution in [-0.2, 0) is 24.2 Å². The number of amides is 3. The number of hydrogen-bond acceptors (Lipinski definition) is 9. The zero-order chi connectivity index (χ0) is 23.5. The minimum atomic E-state index is -4.00. The molecule has 0 radical (unpaired) electrons. The molecule has 2 aromatic rings. The number of nitro groups is 1. The number of imide groups is 1. The minimum Gasteiger partial charge on any atom is -0.300 e. The molecule has 2 aliphatic carbocycles. The van der Waals surface area contributed by atoms with E-state index in [1.807, 2.05) is 12.2 Å². The number of nitro benzene ring substituents is 1. The van der Waals surface area contributed by atoms with E-state index in [2.05, 4.69) is 10.3 Å². The van der Waals surface area contributed by atoms with Gasteiger partial charge in [-0.15, -0.1) is 0 Å². The van der Waals surface area contributed by atoms with Crippen LogP contribution in [0.1, 0.15) is 6.42 Å². The molecular formula is C20H16N4O7S2. The van der Waals surface area contributed by atoms with Crippen molar-refractivity contribution in [2.75, 3.05) is 11.9 Å². The molecule has 1 aromatic heterocycles. The van der Waals surface area contributed by atoms with Gasteiger partial charge in [0.15, 0.2) is 5.13 Å². The fraction of sp³-hybridized carbons (Fsp3) is 0.300. The minimum absolute atomic E-state index is 0.0125. The number of anilines is 1. The summed E-state index contributed by atoms with van der Waals surface area (Å²) in [4.78, 5) is 52.7. The van der Waals surface area contributed by atoms with Crippen LogP contribution < -0.4 is 5.32 Å². The molecule has 1 saturated heterocycles. The summed E-state index contributed by atoms with van der Waals surface area (Å²) >= 11 is 0.697. The summed E-state index contributed by atoms with van der Waals surface area (Å²) in [5.74, 6) is -2.09. The monoisotopic (exact) mass is 488 g/mol. The molecule has 33 heavy (non-hydrogen) atoms. The van der Waals surface area contributed by atoms with E-state index < -0.39 is 39.0 Å². The van der Waals surface area contributed by atoms with Crippen LogP contribution in [0.2, 0.25) is 0 Å². The third kappa shape index (κ3) is 3.43. The number of thiazole rings is 1. The van der Waals surface area contributed by atoms with E-state index >= 15 is 0 Å². The Hall–Kier alpha value is -3.45. The largest absolute Gasteiger partial charge is 0.300 e. The van der Waals surface area contributed by atoms with E-state index in [1.54, 1.807) is 0 Å². The number of likely N-dealkylation sites (tertiary alicyclic amines) is 1. The van der Waals surface area contributed by atoms with Crippen molar-refractivity contribution in [2.24, 2.45) is 23.7 Å². The van der Waals surface area contributed by atoms with Crippen LogP contribution in [-0.4, -0.2) is 47.5 Å². The van der Waals surface area contributed by atoms with E-state index in [9.17, 15) is 32.9 Å². The van der Waals surface area contributed by atoms with Crippen LogP contribution >= 0.6 is 11.3 Å². The van der Waals surface area contributed by atoms with Gasteiger partial charge in [-0.2, -0.15) is 0 Å². The molecule has 0 unspecified atom stereocenters. The molecule has 2 bridgehead atoms. The van der Waals surface area contributed by atoms with E-state index in [0.717, 1.165) is 41.8 Å². The SMILES string of the molecule is O=C(CN1C(=O)[C@H]2[C@H](C1=O)[C@H]1C=C[C@H]2C1)Nc1ncc(S(=O)(=O)c2ccc([N+](=O)[O-])cc2)s1. The van der Waals surface area contributed by atoms with Gasteiger partial charge in [-0.3, -0.25) is 29.4 Å². The summed E-state index contributed by atoms with van der Waals surface area (Å²) in [7, 11) is -4.00. The van der Waals surface area contributed by atoms with Gasteiger partial charge in [0, 0.05) is 12.1 Å². The number of allylic oxidation sites excluding steroid dienone is 2. The molecular weight excluding hydrogens is 472 g/mol. The highest BCUT2D eigenvalue weighted by Gasteiger charge is 2.59. The van der Waals surface area contributed by atoms with Crippen LogP contribution in [0, 0.1) is 33.8 Å². The molecule has 1 aliphatic heterocycles. The third-order valence-corrected chi connectivity index (χ3v) is 9.36.